The number of hydrogen-bond donors (Lipinski definition) is 1. The molecule has 1 aliphatic rings. The van der Waals surface area contributed by atoms with Crippen LogP contribution in [0.1, 0.15) is 12.8 Å². The van der Waals surface area contributed by atoms with Crippen LogP contribution in [0.4, 0.5) is 10.1 Å². The molecule has 0 radical (unpaired) electrons. The van der Waals surface area contributed by atoms with E-state index in [-0.39, 0.29) is 22.3 Å². The highest BCUT2D eigenvalue weighted by atomic mass is 35.5. The molecule has 2 aromatic rings. The fourth-order valence-electron chi connectivity index (χ4n) is 2.71. The molecule has 2 aromatic carbocycles. The lowest BCUT2D eigenvalue weighted by Crippen LogP contribution is -2.27. The first-order chi connectivity index (χ1) is 12.9. The minimum Gasteiger partial charge on any atom is -0.482 e. The Hall–Kier alpha value is -2.16. The second-order valence-corrected chi connectivity index (χ2v) is 8.39. The largest absolute Gasteiger partial charge is 0.482 e. The van der Waals surface area contributed by atoms with Crippen LogP contribution in [0.25, 0.3) is 0 Å². The van der Waals surface area contributed by atoms with Gasteiger partial charge in [0.05, 0.1) is 9.92 Å². The van der Waals surface area contributed by atoms with Gasteiger partial charge in [0.15, 0.2) is 6.61 Å². The third kappa shape index (κ3) is 4.77. The molecule has 9 heteroatoms. The number of amides is 1. The molecule has 1 saturated heterocycles. The molecule has 1 fully saturated rings. The van der Waals surface area contributed by atoms with Gasteiger partial charge >= 0.3 is 0 Å². The highest BCUT2D eigenvalue weighted by Gasteiger charge is 2.27. The van der Waals surface area contributed by atoms with Gasteiger partial charge in [-0.3, -0.25) is 4.79 Å². The number of nitrogens with zero attached hydrogens (tertiary/aromatic N) is 1. The molecule has 1 heterocycles. The topological polar surface area (TPSA) is 75.7 Å². The van der Waals surface area contributed by atoms with Crippen molar-refractivity contribution in [2.24, 2.45) is 0 Å². The van der Waals surface area contributed by atoms with Crippen LogP contribution in [0.5, 0.6) is 5.75 Å². The summed E-state index contributed by atoms with van der Waals surface area (Å²) in [6.45, 7) is 0.679. The molecule has 0 unspecified atom stereocenters. The Morgan fingerprint density at radius 2 is 1.81 bits per heavy atom. The number of nitrogens with one attached hydrogen (secondary N) is 1. The first-order valence-electron chi connectivity index (χ1n) is 8.34. The zero-order valence-corrected chi connectivity index (χ0v) is 15.9. The maximum absolute atomic E-state index is 12.9. The Bertz CT molecular complexity index is 929. The maximum Gasteiger partial charge on any atom is 0.262 e. The van der Waals surface area contributed by atoms with E-state index >= 15 is 0 Å². The van der Waals surface area contributed by atoms with Crippen LogP contribution in [0.2, 0.25) is 5.02 Å². The zero-order chi connectivity index (χ0) is 19.4. The van der Waals surface area contributed by atoms with E-state index in [1.54, 1.807) is 0 Å². The summed E-state index contributed by atoms with van der Waals surface area (Å²) in [5.41, 5.74) is 0.433. The summed E-state index contributed by atoms with van der Waals surface area (Å²) in [7, 11) is -3.57. The van der Waals surface area contributed by atoms with E-state index in [0.29, 0.717) is 18.8 Å². The average Bonchev–Trinajstić information content (AvgIpc) is 3.18. The predicted octanol–water partition coefficient (Wildman–Crippen LogP) is 3.28. The minimum atomic E-state index is -3.57. The van der Waals surface area contributed by atoms with Gasteiger partial charge in [0.2, 0.25) is 10.0 Å². The van der Waals surface area contributed by atoms with Gasteiger partial charge in [-0.1, -0.05) is 11.6 Å². The number of anilines is 1. The smallest absolute Gasteiger partial charge is 0.262 e. The van der Waals surface area contributed by atoms with Gasteiger partial charge in [0.1, 0.15) is 11.6 Å². The normalized spacial score (nSPS) is 14.9. The maximum atomic E-state index is 12.9. The lowest BCUT2D eigenvalue weighted by Gasteiger charge is -2.16. The molecular weight excluding hydrogens is 395 g/mol. The summed E-state index contributed by atoms with van der Waals surface area (Å²) in [4.78, 5) is 12.0. The van der Waals surface area contributed by atoms with E-state index < -0.39 is 21.7 Å². The van der Waals surface area contributed by atoms with Crippen LogP contribution in [0.3, 0.4) is 0 Å². The van der Waals surface area contributed by atoms with Crippen LogP contribution in [0.15, 0.2) is 47.4 Å². The number of carbonyl (C=O) groups is 1. The Morgan fingerprint density at radius 3 is 2.44 bits per heavy atom. The molecule has 0 spiro atoms. The monoisotopic (exact) mass is 412 g/mol. The molecule has 3 rings (SSSR count). The standard InChI is InChI=1S/C18H18ClFN2O4S/c19-16-11-15(27(24,25)22-9-1-2-10-22)7-8-17(16)26-12-18(23)21-14-5-3-13(20)4-6-14/h3-8,11H,1-2,9-10,12H2,(H,21,23). The lowest BCUT2D eigenvalue weighted by atomic mass is 10.3. The molecule has 27 heavy (non-hydrogen) atoms. The van der Waals surface area contributed by atoms with Crippen molar-refractivity contribution in [2.45, 2.75) is 17.7 Å². The number of carbonyl (C=O) groups excluding carboxylic acids is 1. The molecule has 0 aliphatic carbocycles. The highest BCUT2D eigenvalue weighted by Crippen LogP contribution is 2.29. The first kappa shape index (κ1) is 19.6. The van der Waals surface area contributed by atoms with Gasteiger partial charge < -0.3 is 10.1 Å². The molecule has 1 amide bonds. The Morgan fingerprint density at radius 1 is 1.15 bits per heavy atom. The second-order valence-electron chi connectivity index (χ2n) is 6.05. The van der Waals surface area contributed by atoms with E-state index in [4.69, 9.17) is 16.3 Å². The second kappa shape index (κ2) is 8.24. The molecule has 0 bridgehead atoms. The summed E-state index contributed by atoms with van der Waals surface area (Å²) in [5, 5.41) is 2.66. The van der Waals surface area contributed by atoms with Crippen LogP contribution in [0, 0.1) is 5.82 Å². The lowest BCUT2D eigenvalue weighted by molar-refractivity contribution is -0.118. The summed E-state index contributed by atoms with van der Waals surface area (Å²) < 4.78 is 44.7. The summed E-state index contributed by atoms with van der Waals surface area (Å²) >= 11 is 6.12. The van der Waals surface area contributed by atoms with Gasteiger partial charge in [-0.15, -0.1) is 0 Å². The Labute approximate surface area is 161 Å². The van der Waals surface area contributed by atoms with Crippen LogP contribution in [-0.2, 0) is 14.8 Å². The van der Waals surface area contributed by atoms with E-state index in [1.807, 2.05) is 0 Å². The van der Waals surface area contributed by atoms with Gasteiger partial charge in [0.25, 0.3) is 5.91 Å². The molecule has 0 atom stereocenters. The predicted molar refractivity (Wildman–Crippen MR) is 100.0 cm³/mol. The molecule has 1 aliphatic heterocycles. The summed E-state index contributed by atoms with van der Waals surface area (Å²) in [6, 6.07) is 9.47. The molecule has 0 aromatic heterocycles. The third-order valence-corrected chi connectivity index (χ3v) is 6.28. The molecule has 6 nitrogen and oxygen atoms in total. The van der Waals surface area contributed by atoms with Gasteiger partial charge in [-0.2, -0.15) is 4.31 Å². The average molecular weight is 413 g/mol. The molecular formula is C18H18ClFN2O4S. The van der Waals surface area contributed by atoms with E-state index in [0.717, 1.165) is 12.8 Å². The van der Waals surface area contributed by atoms with Gasteiger partial charge in [-0.25, -0.2) is 12.8 Å². The highest BCUT2D eigenvalue weighted by molar-refractivity contribution is 7.89. The molecule has 144 valence electrons. The third-order valence-electron chi connectivity index (χ3n) is 4.09. The molecule has 0 saturated carbocycles. The fourth-order valence-corrected chi connectivity index (χ4v) is 4.55. The number of rotatable bonds is 6. The van der Waals surface area contributed by atoms with Crippen LogP contribution in [-0.4, -0.2) is 38.3 Å². The van der Waals surface area contributed by atoms with Crippen molar-refractivity contribution in [3.8, 4) is 5.75 Å². The van der Waals surface area contributed by atoms with Crippen molar-refractivity contribution in [2.75, 3.05) is 25.0 Å². The van der Waals surface area contributed by atoms with Crippen molar-refractivity contribution in [1.82, 2.24) is 4.31 Å². The number of ether oxygens (including phenoxy) is 1. The van der Waals surface area contributed by atoms with E-state index in [2.05, 4.69) is 5.32 Å². The van der Waals surface area contributed by atoms with Crippen molar-refractivity contribution in [3.63, 3.8) is 0 Å². The van der Waals surface area contributed by atoms with Crippen LogP contribution < -0.4 is 10.1 Å². The quantitative estimate of drug-likeness (QED) is 0.790. The zero-order valence-electron chi connectivity index (χ0n) is 14.3. The number of sulfonamides is 1. The number of benzene rings is 2. The van der Waals surface area contributed by atoms with Crippen LogP contribution >= 0.6 is 11.6 Å². The van der Waals surface area contributed by atoms with Gasteiger partial charge in [0, 0.05) is 18.8 Å². The summed E-state index contributed by atoms with van der Waals surface area (Å²) in [5.74, 6) is -0.655. The Kier molecular flexibility index (Phi) is 5.98. The number of halogens is 2. The van der Waals surface area contributed by atoms with Gasteiger partial charge in [-0.05, 0) is 55.3 Å². The Balaban J connectivity index is 1.62. The van der Waals surface area contributed by atoms with Crippen molar-refractivity contribution >= 4 is 33.2 Å². The molecule has 1 N–H and O–H groups in total. The van der Waals surface area contributed by atoms with Crippen molar-refractivity contribution < 1.29 is 22.3 Å². The summed E-state index contributed by atoms with van der Waals surface area (Å²) in [6.07, 6.45) is 1.69. The van der Waals surface area contributed by atoms with E-state index in [1.165, 1.54) is 46.8 Å². The first-order valence-corrected chi connectivity index (χ1v) is 10.2. The van der Waals surface area contributed by atoms with Crippen molar-refractivity contribution in [3.05, 3.63) is 53.3 Å². The number of hydrogen-bond acceptors (Lipinski definition) is 4. The SMILES string of the molecule is O=C(COc1ccc(S(=O)(=O)N2CCCC2)cc1Cl)Nc1ccc(F)cc1. The van der Waals surface area contributed by atoms with E-state index in [9.17, 15) is 17.6 Å². The minimum absolute atomic E-state index is 0.0949. The van der Waals surface area contributed by atoms with Crippen molar-refractivity contribution in [1.29, 1.82) is 0 Å². The fraction of sp³-hybridized carbons (Fsp3) is 0.278.